The fourth-order valence-corrected chi connectivity index (χ4v) is 3.00. The van der Waals surface area contributed by atoms with Crippen molar-refractivity contribution >= 4 is 0 Å². The molecule has 1 heterocycles. The summed E-state index contributed by atoms with van der Waals surface area (Å²) in [6.45, 7) is 7.81. The van der Waals surface area contributed by atoms with E-state index in [1.54, 1.807) is 0 Å². The van der Waals surface area contributed by atoms with Crippen LogP contribution in [0, 0.1) is 5.92 Å². The fraction of sp³-hybridized carbons (Fsp3) is 0.625. The van der Waals surface area contributed by atoms with E-state index in [2.05, 4.69) is 49.1 Å². The number of nitrogens with two attached hydrogens (primary N) is 1. The van der Waals surface area contributed by atoms with E-state index in [-0.39, 0.29) is 0 Å². The molecule has 0 bridgehead atoms. The Bertz CT molecular complexity index is 349. The highest BCUT2D eigenvalue weighted by molar-refractivity contribution is 5.20. The molecule has 100 valence electrons. The maximum atomic E-state index is 5.98. The van der Waals surface area contributed by atoms with Gasteiger partial charge in [0.05, 0.1) is 0 Å². The van der Waals surface area contributed by atoms with Crippen LogP contribution in [0.4, 0.5) is 0 Å². The van der Waals surface area contributed by atoms with Gasteiger partial charge in [-0.25, -0.2) is 0 Å². The third-order valence-corrected chi connectivity index (χ3v) is 4.51. The minimum atomic E-state index is 0.471. The first-order valence-electron chi connectivity index (χ1n) is 7.21. The van der Waals surface area contributed by atoms with Crippen LogP contribution in [0.2, 0.25) is 0 Å². The van der Waals surface area contributed by atoms with E-state index < -0.39 is 0 Å². The highest BCUT2D eigenvalue weighted by Crippen LogP contribution is 2.25. The topological polar surface area (TPSA) is 29.3 Å². The number of nitrogens with zero attached hydrogens (tertiary/aromatic N) is 1. The lowest BCUT2D eigenvalue weighted by Crippen LogP contribution is -2.45. The van der Waals surface area contributed by atoms with E-state index >= 15 is 0 Å². The molecule has 3 atom stereocenters. The summed E-state index contributed by atoms with van der Waals surface area (Å²) in [4.78, 5) is 2.62. The van der Waals surface area contributed by atoms with Gasteiger partial charge in [0.1, 0.15) is 0 Å². The van der Waals surface area contributed by atoms with E-state index in [1.807, 2.05) is 0 Å². The van der Waals surface area contributed by atoms with Gasteiger partial charge < -0.3 is 5.73 Å². The Morgan fingerprint density at radius 2 is 2.00 bits per heavy atom. The molecule has 3 unspecified atom stereocenters. The van der Waals surface area contributed by atoms with Crippen LogP contribution in [0.1, 0.15) is 38.2 Å². The zero-order chi connectivity index (χ0) is 13.0. The lowest BCUT2D eigenvalue weighted by atomic mass is 9.90. The van der Waals surface area contributed by atoms with Crippen molar-refractivity contribution < 1.29 is 0 Å². The molecule has 0 aromatic heterocycles. The number of hydrogen-bond acceptors (Lipinski definition) is 2. The molecule has 1 aliphatic rings. The van der Waals surface area contributed by atoms with Crippen molar-refractivity contribution in [3.05, 3.63) is 35.9 Å². The molecule has 1 saturated heterocycles. The highest BCUT2D eigenvalue weighted by atomic mass is 15.2. The lowest BCUT2D eigenvalue weighted by molar-refractivity contribution is 0.107. The van der Waals surface area contributed by atoms with Crippen molar-refractivity contribution in [1.82, 2.24) is 4.90 Å². The van der Waals surface area contributed by atoms with Gasteiger partial charge in [-0.15, -0.1) is 0 Å². The number of hydrogen-bond donors (Lipinski definition) is 1. The van der Waals surface area contributed by atoms with Crippen molar-refractivity contribution in [2.24, 2.45) is 11.7 Å². The van der Waals surface area contributed by atoms with Gasteiger partial charge in [-0.2, -0.15) is 0 Å². The molecule has 0 aliphatic carbocycles. The molecule has 2 heteroatoms. The molecule has 1 aliphatic heterocycles. The van der Waals surface area contributed by atoms with Crippen molar-refractivity contribution in [3.63, 3.8) is 0 Å². The molecule has 1 aromatic rings. The first-order valence-corrected chi connectivity index (χ1v) is 7.21. The summed E-state index contributed by atoms with van der Waals surface area (Å²) >= 11 is 0. The van der Waals surface area contributed by atoms with E-state index in [0.717, 1.165) is 19.0 Å². The predicted octanol–water partition coefficient (Wildman–Crippen LogP) is 2.85. The third kappa shape index (κ3) is 3.12. The van der Waals surface area contributed by atoms with Crippen LogP contribution in [0.5, 0.6) is 0 Å². The SMILES string of the molecule is CC1CCCN(CC(CN)c2ccccc2)C1C. The molecule has 2 rings (SSSR count). The molecular formula is C16H26N2. The Balaban J connectivity index is 2.02. The van der Waals surface area contributed by atoms with Gasteiger partial charge in [0.2, 0.25) is 0 Å². The minimum absolute atomic E-state index is 0.471. The highest BCUT2D eigenvalue weighted by Gasteiger charge is 2.26. The molecule has 2 nitrogen and oxygen atoms in total. The molecule has 1 aromatic carbocycles. The van der Waals surface area contributed by atoms with Gasteiger partial charge in [0, 0.05) is 25.0 Å². The zero-order valence-electron chi connectivity index (χ0n) is 11.7. The van der Waals surface area contributed by atoms with Crippen molar-refractivity contribution in [2.75, 3.05) is 19.6 Å². The summed E-state index contributed by atoms with van der Waals surface area (Å²) in [5.41, 5.74) is 7.36. The van der Waals surface area contributed by atoms with Gasteiger partial charge in [-0.3, -0.25) is 4.90 Å². The normalized spacial score (nSPS) is 27.1. The monoisotopic (exact) mass is 246 g/mol. The maximum absolute atomic E-state index is 5.98. The molecule has 0 radical (unpaired) electrons. The van der Waals surface area contributed by atoms with E-state index in [1.165, 1.54) is 24.9 Å². The molecule has 0 saturated carbocycles. The van der Waals surface area contributed by atoms with Crippen LogP contribution < -0.4 is 5.73 Å². The summed E-state index contributed by atoms with van der Waals surface area (Å²) in [5, 5.41) is 0. The van der Waals surface area contributed by atoms with Gasteiger partial charge in [0.15, 0.2) is 0 Å². The summed E-state index contributed by atoms with van der Waals surface area (Å²) < 4.78 is 0. The van der Waals surface area contributed by atoms with Crippen LogP contribution in [0.15, 0.2) is 30.3 Å². The molecular weight excluding hydrogens is 220 g/mol. The van der Waals surface area contributed by atoms with E-state index in [9.17, 15) is 0 Å². The molecule has 2 N–H and O–H groups in total. The second-order valence-electron chi connectivity index (χ2n) is 5.70. The summed E-state index contributed by atoms with van der Waals surface area (Å²) in [6, 6.07) is 11.4. The van der Waals surface area contributed by atoms with Crippen LogP contribution in [-0.4, -0.2) is 30.6 Å². The first-order chi connectivity index (χ1) is 8.72. The Morgan fingerprint density at radius 1 is 1.28 bits per heavy atom. The van der Waals surface area contributed by atoms with Gasteiger partial charge in [-0.05, 0) is 37.8 Å². The van der Waals surface area contributed by atoms with Gasteiger partial charge >= 0.3 is 0 Å². The Labute approximate surface area is 111 Å². The fourth-order valence-electron chi connectivity index (χ4n) is 3.00. The van der Waals surface area contributed by atoms with Crippen molar-refractivity contribution in [1.29, 1.82) is 0 Å². The Kier molecular flexibility index (Phi) is 4.79. The van der Waals surface area contributed by atoms with Crippen LogP contribution in [0.25, 0.3) is 0 Å². The molecule has 0 amide bonds. The predicted molar refractivity (Wildman–Crippen MR) is 77.7 cm³/mol. The second kappa shape index (κ2) is 6.35. The first kappa shape index (κ1) is 13.6. The zero-order valence-corrected chi connectivity index (χ0v) is 11.7. The molecule has 1 fully saturated rings. The Hall–Kier alpha value is -0.860. The van der Waals surface area contributed by atoms with Crippen molar-refractivity contribution in [3.8, 4) is 0 Å². The average molecular weight is 246 g/mol. The van der Waals surface area contributed by atoms with Crippen LogP contribution >= 0.6 is 0 Å². The van der Waals surface area contributed by atoms with Gasteiger partial charge in [-0.1, -0.05) is 37.3 Å². The molecule has 0 spiro atoms. The minimum Gasteiger partial charge on any atom is -0.330 e. The average Bonchev–Trinajstić information content (AvgIpc) is 2.41. The van der Waals surface area contributed by atoms with Crippen LogP contribution in [0.3, 0.4) is 0 Å². The number of benzene rings is 1. The largest absolute Gasteiger partial charge is 0.330 e. The second-order valence-corrected chi connectivity index (χ2v) is 5.70. The van der Waals surface area contributed by atoms with E-state index in [0.29, 0.717) is 12.0 Å². The standard InChI is InChI=1S/C16H26N2/c1-13-7-6-10-18(14(13)2)12-16(11-17)15-8-4-3-5-9-15/h3-5,8-9,13-14,16H,6-7,10-12,17H2,1-2H3. The number of rotatable bonds is 4. The Morgan fingerprint density at radius 3 is 2.67 bits per heavy atom. The lowest BCUT2D eigenvalue weighted by Gasteiger charge is -2.39. The summed E-state index contributed by atoms with van der Waals surface area (Å²) in [6.07, 6.45) is 2.70. The maximum Gasteiger partial charge on any atom is 0.00928 e. The van der Waals surface area contributed by atoms with Crippen molar-refractivity contribution in [2.45, 2.75) is 38.6 Å². The third-order valence-electron chi connectivity index (χ3n) is 4.51. The van der Waals surface area contributed by atoms with E-state index in [4.69, 9.17) is 5.73 Å². The smallest absolute Gasteiger partial charge is 0.00928 e. The summed E-state index contributed by atoms with van der Waals surface area (Å²) in [7, 11) is 0. The summed E-state index contributed by atoms with van der Waals surface area (Å²) in [5.74, 6) is 1.28. The molecule has 18 heavy (non-hydrogen) atoms. The van der Waals surface area contributed by atoms with Gasteiger partial charge in [0.25, 0.3) is 0 Å². The van der Waals surface area contributed by atoms with Crippen LogP contribution in [-0.2, 0) is 0 Å². The quantitative estimate of drug-likeness (QED) is 0.885. The number of likely N-dealkylation sites (tertiary alicyclic amines) is 1. The number of piperidine rings is 1.